The summed E-state index contributed by atoms with van der Waals surface area (Å²) >= 11 is 1.45. The highest BCUT2D eigenvalue weighted by atomic mass is 32.1. The number of anilines is 1. The maximum atomic E-state index is 12.2. The minimum Gasteiger partial charge on any atom is -0.493 e. The molecule has 1 atom stereocenters. The Kier molecular flexibility index (Phi) is 7.57. The van der Waals surface area contributed by atoms with Crippen molar-refractivity contribution < 1.29 is 19.1 Å². The molecule has 0 bridgehead atoms. The van der Waals surface area contributed by atoms with Gasteiger partial charge in [0.15, 0.2) is 6.61 Å². The van der Waals surface area contributed by atoms with E-state index in [1.54, 1.807) is 0 Å². The first-order chi connectivity index (χ1) is 15.2. The van der Waals surface area contributed by atoms with Gasteiger partial charge in [0.25, 0.3) is 5.91 Å². The molecule has 1 N–H and O–H groups in total. The van der Waals surface area contributed by atoms with Gasteiger partial charge in [0.1, 0.15) is 16.8 Å². The maximum absolute atomic E-state index is 12.2. The number of ether oxygens (including phenoxy) is 2. The van der Waals surface area contributed by atoms with Crippen molar-refractivity contribution >= 4 is 28.2 Å². The van der Waals surface area contributed by atoms with E-state index in [1.807, 2.05) is 24.3 Å². The van der Waals surface area contributed by atoms with Crippen LogP contribution in [-0.2, 0) is 32.6 Å². The second-order valence-electron chi connectivity index (χ2n) is 9.25. The van der Waals surface area contributed by atoms with Crippen molar-refractivity contribution in [3.05, 3.63) is 45.8 Å². The lowest BCUT2D eigenvalue weighted by molar-refractivity contribution is -0.147. The van der Waals surface area contributed by atoms with Crippen molar-refractivity contribution in [2.24, 2.45) is 5.92 Å². The third kappa shape index (κ3) is 6.10. The maximum Gasteiger partial charge on any atom is 0.309 e. The van der Waals surface area contributed by atoms with E-state index in [9.17, 15) is 14.9 Å². The van der Waals surface area contributed by atoms with Gasteiger partial charge in [0, 0.05) is 4.88 Å². The number of esters is 1. The number of thiophene rings is 1. The van der Waals surface area contributed by atoms with E-state index in [4.69, 9.17) is 9.47 Å². The second-order valence-corrected chi connectivity index (χ2v) is 10.4. The van der Waals surface area contributed by atoms with Gasteiger partial charge >= 0.3 is 5.97 Å². The number of hydrogen-bond donors (Lipinski definition) is 1. The van der Waals surface area contributed by atoms with E-state index in [1.165, 1.54) is 21.8 Å². The van der Waals surface area contributed by atoms with Crippen LogP contribution in [0.5, 0.6) is 5.75 Å². The van der Waals surface area contributed by atoms with Gasteiger partial charge < -0.3 is 14.8 Å². The van der Waals surface area contributed by atoms with Crippen molar-refractivity contribution in [1.29, 1.82) is 5.26 Å². The van der Waals surface area contributed by atoms with E-state index in [0.717, 1.165) is 24.8 Å². The molecule has 1 aromatic heterocycles. The van der Waals surface area contributed by atoms with Gasteiger partial charge in [-0.3, -0.25) is 9.59 Å². The highest BCUT2D eigenvalue weighted by Crippen LogP contribution is 2.39. The number of amides is 1. The van der Waals surface area contributed by atoms with Crippen molar-refractivity contribution in [2.45, 2.75) is 58.8 Å². The van der Waals surface area contributed by atoms with Gasteiger partial charge in [-0.15, -0.1) is 11.3 Å². The van der Waals surface area contributed by atoms with Gasteiger partial charge in [-0.1, -0.05) is 39.8 Å². The van der Waals surface area contributed by atoms with Crippen LogP contribution < -0.4 is 10.1 Å². The van der Waals surface area contributed by atoms with E-state index in [2.05, 4.69) is 39.1 Å². The van der Waals surface area contributed by atoms with Crippen molar-refractivity contribution in [1.82, 2.24) is 0 Å². The SMILES string of the molecule is C[C@@H]1CCc2c(sc(NC(=O)COC(=O)CCOc3ccc(C(C)(C)C)cc3)c2C#N)C1. The number of fused-ring (bicyclic) bond motifs is 1. The van der Waals surface area contributed by atoms with Gasteiger partial charge in [0.05, 0.1) is 18.6 Å². The molecule has 0 fully saturated rings. The highest BCUT2D eigenvalue weighted by molar-refractivity contribution is 7.16. The largest absolute Gasteiger partial charge is 0.493 e. The number of nitrogens with one attached hydrogen (secondary N) is 1. The summed E-state index contributed by atoms with van der Waals surface area (Å²) in [6.45, 7) is 8.40. The number of nitrogens with zero attached hydrogens (tertiary/aromatic N) is 1. The lowest BCUT2D eigenvalue weighted by atomic mass is 9.87. The Balaban J connectivity index is 1.43. The smallest absolute Gasteiger partial charge is 0.309 e. The third-order valence-corrected chi connectivity index (χ3v) is 6.71. The molecule has 0 spiro atoms. The van der Waals surface area contributed by atoms with Crippen LogP contribution in [0.3, 0.4) is 0 Å². The Hall–Kier alpha value is -2.85. The molecule has 32 heavy (non-hydrogen) atoms. The molecule has 1 amide bonds. The first-order valence-corrected chi connectivity index (χ1v) is 11.7. The van der Waals surface area contributed by atoms with Crippen LogP contribution in [0.15, 0.2) is 24.3 Å². The Morgan fingerprint density at radius 2 is 1.97 bits per heavy atom. The molecule has 1 aliphatic rings. The first kappa shape index (κ1) is 23.8. The van der Waals surface area contributed by atoms with Gasteiger partial charge in [-0.2, -0.15) is 5.26 Å². The second kappa shape index (κ2) is 10.2. The molecule has 170 valence electrons. The molecule has 3 rings (SSSR count). The summed E-state index contributed by atoms with van der Waals surface area (Å²) in [5.74, 6) is 0.311. The lowest BCUT2D eigenvalue weighted by Gasteiger charge is -2.19. The fourth-order valence-corrected chi connectivity index (χ4v) is 5.02. The van der Waals surface area contributed by atoms with Crippen LogP contribution in [0.4, 0.5) is 5.00 Å². The van der Waals surface area contributed by atoms with Crippen LogP contribution in [0.25, 0.3) is 0 Å². The molecule has 7 heteroatoms. The molecule has 1 aliphatic carbocycles. The first-order valence-electron chi connectivity index (χ1n) is 10.9. The summed E-state index contributed by atoms with van der Waals surface area (Å²) in [5, 5.41) is 12.8. The highest BCUT2D eigenvalue weighted by Gasteiger charge is 2.24. The van der Waals surface area contributed by atoms with Crippen LogP contribution in [0.2, 0.25) is 0 Å². The Bertz CT molecular complexity index is 1010. The van der Waals surface area contributed by atoms with Crippen LogP contribution >= 0.6 is 11.3 Å². The van der Waals surface area contributed by atoms with Gasteiger partial charge in [-0.05, 0) is 53.9 Å². The summed E-state index contributed by atoms with van der Waals surface area (Å²) < 4.78 is 10.7. The van der Waals surface area contributed by atoms with E-state index >= 15 is 0 Å². The third-order valence-electron chi connectivity index (χ3n) is 5.54. The summed E-state index contributed by atoms with van der Waals surface area (Å²) in [6, 6.07) is 10.0. The van der Waals surface area contributed by atoms with Crippen molar-refractivity contribution in [2.75, 3.05) is 18.5 Å². The number of nitriles is 1. The topological polar surface area (TPSA) is 88.4 Å². The molecular formula is C25H30N2O4S. The summed E-state index contributed by atoms with van der Waals surface area (Å²) in [4.78, 5) is 25.4. The van der Waals surface area contributed by atoms with Crippen LogP contribution in [0, 0.1) is 17.2 Å². The molecule has 0 aliphatic heterocycles. The average molecular weight is 455 g/mol. The number of carbonyl (C=O) groups excluding carboxylic acids is 2. The van der Waals surface area contributed by atoms with E-state index in [0.29, 0.717) is 22.2 Å². The van der Waals surface area contributed by atoms with Crippen molar-refractivity contribution in [3.63, 3.8) is 0 Å². The zero-order valence-corrected chi connectivity index (χ0v) is 19.9. The van der Waals surface area contributed by atoms with E-state index < -0.39 is 11.9 Å². The molecule has 0 saturated heterocycles. The van der Waals surface area contributed by atoms with Gasteiger partial charge in [0.2, 0.25) is 0 Å². The number of rotatable bonds is 7. The average Bonchev–Trinajstić information content (AvgIpc) is 3.07. The lowest BCUT2D eigenvalue weighted by Crippen LogP contribution is -2.21. The van der Waals surface area contributed by atoms with Crippen LogP contribution in [-0.4, -0.2) is 25.1 Å². The molecule has 6 nitrogen and oxygen atoms in total. The predicted octanol–water partition coefficient (Wildman–Crippen LogP) is 4.99. The molecule has 1 aromatic carbocycles. The van der Waals surface area contributed by atoms with Gasteiger partial charge in [-0.25, -0.2) is 0 Å². The molecule has 0 saturated carbocycles. The monoisotopic (exact) mass is 454 g/mol. The Morgan fingerprint density at radius 1 is 1.25 bits per heavy atom. The zero-order chi connectivity index (χ0) is 23.3. The minimum absolute atomic E-state index is 0.0446. The van der Waals surface area contributed by atoms with Crippen molar-refractivity contribution in [3.8, 4) is 11.8 Å². The normalized spacial score (nSPS) is 15.4. The van der Waals surface area contributed by atoms with Crippen LogP contribution in [0.1, 0.15) is 62.1 Å². The molecule has 1 heterocycles. The summed E-state index contributed by atoms with van der Waals surface area (Å²) in [7, 11) is 0. The molecule has 0 radical (unpaired) electrons. The quantitative estimate of drug-likeness (QED) is 0.595. The number of benzene rings is 1. The summed E-state index contributed by atoms with van der Waals surface area (Å²) in [5.41, 5.74) is 2.87. The molecule has 0 unspecified atom stereocenters. The zero-order valence-electron chi connectivity index (χ0n) is 19.1. The standard InChI is InChI=1S/C25H30N2O4S/c1-16-5-10-19-20(14-26)24(32-21(19)13-16)27-22(28)15-31-23(29)11-12-30-18-8-6-17(7-9-18)25(2,3)4/h6-9,16H,5,10-13,15H2,1-4H3,(H,27,28)/t16-/m1/s1. The Morgan fingerprint density at radius 3 is 2.62 bits per heavy atom. The van der Waals surface area contributed by atoms with E-state index in [-0.39, 0.29) is 25.0 Å². The Labute approximate surface area is 193 Å². The number of carbonyl (C=O) groups is 2. The summed E-state index contributed by atoms with van der Waals surface area (Å²) in [6.07, 6.45) is 2.88. The fraction of sp³-hybridized carbons (Fsp3) is 0.480. The molecule has 2 aromatic rings. The number of hydrogen-bond acceptors (Lipinski definition) is 6. The predicted molar refractivity (Wildman–Crippen MR) is 125 cm³/mol. The fourth-order valence-electron chi connectivity index (χ4n) is 3.64. The minimum atomic E-state index is -0.508. The molecular weight excluding hydrogens is 424 g/mol.